The van der Waals surface area contributed by atoms with E-state index >= 15 is 0 Å². The lowest BCUT2D eigenvalue weighted by atomic mass is 9.94. The number of rotatable bonds is 43. The van der Waals surface area contributed by atoms with E-state index in [0.717, 1.165) is 122 Å². The SMILES string of the molecule is CCCCCCCCCC(CCCCCC)C(=O)OCCCCC(=O)OCCCCCCCCCC(CCCCCC)C(=O)OCCCCC(=O)OCCC1CCN(C(=O)OC(C)(C)C)CC1. The van der Waals surface area contributed by atoms with Gasteiger partial charge in [-0.2, -0.15) is 0 Å². The first-order chi connectivity index (χ1) is 32.4. The van der Waals surface area contributed by atoms with Crippen LogP contribution in [-0.4, -0.2) is 80.0 Å². The molecule has 1 aliphatic heterocycles. The molecule has 0 radical (unpaired) electrons. The van der Waals surface area contributed by atoms with Crippen molar-refractivity contribution in [1.29, 1.82) is 0 Å². The molecule has 0 bridgehead atoms. The van der Waals surface area contributed by atoms with Gasteiger partial charge in [0.05, 0.1) is 38.3 Å². The Bertz CT molecular complexity index is 1240. The molecule has 0 spiro atoms. The summed E-state index contributed by atoms with van der Waals surface area (Å²) in [6.07, 6.45) is 34.5. The van der Waals surface area contributed by atoms with Crippen LogP contribution in [0.15, 0.2) is 0 Å². The highest BCUT2D eigenvalue weighted by Crippen LogP contribution is 2.24. The highest BCUT2D eigenvalue weighted by Gasteiger charge is 2.27. The molecule has 67 heavy (non-hydrogen) atoms. The number of likely N-dealkylation sites (tertiary alicyclic amines) is 1. The summed E-state index contributed by atoms with van der Waals surface area (Å²) in [6.45, 7) is 15.2. The van der Waals surface area contributed by atoms with Crippen LogP contribution in [0.25, 0.3) is 0 Å². The standard InChI is InChI=1S/C56H103NO10/c1-7-10-13-16-18-21-26-35-49(33-24-14-11-8-2)53(60)65-45-31-28-37-51(58)63-44-30-23-20-17-19-22-27-36-50(34-25-15-12-9-3)54(61)66-46-32-29-38-52(59)64-47-41-48-39-42-57(43-40-48)55(62)67-56(4,5)6/h48-50H,7-47H2,1-6H3. The highest BCUT2D eigenvalue weighted by molar-refractivity contribution is 5.73. The zero-order chi connectivity index (χ0) is 49.2. The Kier molecular flexibility index (Phi) is 39.0. The minimum atomic E-state index is -0.499. The van der Waals surface area contributed by atoms with Crippen LogP contribution in [-0.2, 0) is 42.9 Å². The van der Waals surface area contributed by atoms with Crippen molar-refractivity contribution in [2.45, 2.75) is 272 Å². The van der Waals surface area contributed by atoms with Gasteiger partial charge in [0.25, 0.3) is 0 Å². The van der Waals surface area contributed by atoms with Gasteiger partial charge in [-0.25, -0.2) is 4.79 Å². The zero-order valence-corrected chi connectivity index (χ0v) is 44.3. The predicted octanol–water partition coefficient (Wildman–Crippen LogP) is 15.0. The molecule has 1 rings (SSSR count). The van der Waals surface area contributed by atoms with Crippen LogP contribution < -0.4 is 0 Å². The predicted molar refractivity (Wildman–Crippen MR) is 271 cm³/mol. The van der Waals surface area contributed by atoms with E-state index in [2.05, 4.69) is 20.8 Å². The largest absolute Gasteiger partial charge is 0.466 e. The third-order valence-corrected chi connectivity index (χ3v) is 13.2. The first-order valence-electron chi connectivity index (χ1n) is 28.0. The van der Waals surface area contributed by atoms with Gasteiger partial charge in [0.15, 0.2) is 0 Å². The molecule has 0 aromatic carbocycles. The van der Waals surface area contributed by atoms with E-state index in [1.165, 1.54) is 64.2 Å². The molecular formula is C56H103NO10. The average molecular weight is 950 g/mol. The summed E-state index contributed by atoms with van der Waals surface area (Å²) in [5, 5.41) is 0. The lowest BCUT2D eigenvalue weighted by Gasteiger charge is -2.33. The number of amides is 1. The maximum absolute atomic E-state index is 13.1. The van der Waals surface area contributed by atoms with Gasteiger partial charge in [0.2, 0.25) is 0 Å². The van der Waals surface area contributed by atoms with Crippen molar-refractivity contribution >= 4 is 30.0 Å². The molecule has 1 aliphatic rings. The molecule has 2 atom stereocenters. The van der Waals surface area contributed by atoms with Crippen molar-refractivity contribution in [3.05, 3.63) is 0 Å². The maximum atomic E-state index is 13.1. The van der Waals surface area contributed by atoms with Crippen molar-refractivity contribution in [1.82, 2.24) is 4.90 Å². The van der Waals surface area contributed by atoms with Gasteiger partial charge in [-0.1, -0.05) is 156 Å². The Balaban J connectivity index is 2.15. The summed E-state index contributed by atoms with van der Waals surface area (Å²) in [6, 6.07) is 0. The topological polar surface area (TPSA) is 135 Å². The second kappa shape index (κ2) is 42.1. The quantitative estimate of drug-likeness (QED) is 0.0330. The van der Waals surface area contributed by atoms with Gasteiger partial charge in [0, 0.05) is 25.9 Å². The van der Waals surface area contributed by atoms with Crippen molar-refractivity contribution in [2.75, 3.05) is 39.5 Å². The highest BCUT2D eigenvalue weighted by atomic mass is 16.6. The Morgan fingerprint density at radius 3 is 1.21 bits per heavy atom. The lowest BCUT2D eigenvalue weighted by molar-refractivity contribution is -0.150. The number of hydrogen-bond acceptors (Lipinski definition) is 10. The Labute approximate surface area is 410 Å². The van der Waals surface area contributed by atoms with Gasteiger partial charge in [-0.15, -0.1) is 0 Å². The minimum Gasteiger partial charge on any atom is -0.466 e. The van der Waals surface area contributed by atoms with Crippen molar-refractivity contribution < 1.29 is 47.7 Å². The van der Waals surface area contributed by atoms with Crippen LogP contribution in [0.1, 0.15) is 266 Å². The number of piperidine rings is 1. The second-order valence-corrected chi connectivity index (χ2v) is 20.7. The van der Waals surface area contributed by atoms with Crippen LogP contribution in [0.2, 0.25) is 0 Å². The number of ether oxygens (including phenoxy) is 5. The van der Waals surface area contributed by atoms with Gasteiger partial charge >= 0.3 is 30.0 Å². The molecule has 0 aromatic heterocycles. The van der Waals surface area contributed by atoms with E-state index < -0.39 is 5.60 Å². The van der Waals surface area contributed by atoms with E-state index in [1.54, 1.807) is 4.90 Å². The van der Waals surface area contributed by atoms with Crippen molar-refractivity contribution in [3.8, 4) is 0 Å². The summed E-state index contributed by atoms with van der Waals surface area (Å²) in [7, 11) is 0. The lowest BCUT2D eigenvalue weighted by Crippen LogP contribution is -2.41. The molecule has 0 aliphatic carbocycles. The van der Waals surface area contributed by atoms with Crippen LogP contribution in [0.5, 0.6) is 0 Å². The Morgan fingerprint density at radius 1 is 0.448 bits per heavy atom. The summed E-state index contributed by atoms with van der Waals surface area (Å²) in [4.78, 5) is 64.7. The van der Waals surface area contributed by atoms with Crippen molar-refractivity contribution in [2.24, 2.45) is 17.8 Å². The molecule has 0 N–H and O–H groups in total. The molecular weight excluding hydrogens is 847 g/mol. The number of esters is 4. The number of hydrogen-bond donors (Lipinski definition) is 0. The third-order valence-electron chi connectivity index (χ3n) is 13.2. The summed E-state index contributed by atoms with van der Waals surface area (Å²) in [5.41, 5.74) is -0.499. The average Bonchev–Trinajstić information content (AvgIpc) is 3.29. The maximum Gasteiger partial charge on any atom is 0.410 e. The zero-order valence-electron chi connectivity index (χ0n) is 44.3. The molecule has 1 amide bonds. The Hall–Kier alpha value is -2.85. The van der Waals surface area contributed by atoms with E-state index in [-0.39, 0.29) is 41.8 Å². The molecule has 2 unspecified atom stereocenters. The van der Waals surface area contributed by atoms with Crippen LogP contribution in [0, 0.1) is 17.8 Å². The number of carbonyl (C=O) groups is 5. The van der Waals surface area contributed by atoms with E-state index in [9.17, 15) is 24.0 Å². The van der Waals surface area contributed by atoms with Gasteiger partial charge in [0.1, 0.15) is 5.60 Å². The van der Waals surface area contributed by atoms with Gasteiger partial charge in [-0.3, -0.25) is 19.2 Å². The second-order valence-electron chi connectivity index (χ2n) is 20.7. The smallest absolute Gasteiger partial charge is 0.410 e. The monoisotopic (exact) mass is 950 g/mol. The summed E-state index contributed by atoms with van der Waals surface area (Å²) >= 11 is 0. The number of unbranched alkanes of at least 4 members (excludes halogenated alkanes) is 20. The van der Waals surface area contributed by atoms with E-state index in [4.69, 9.17) is 23.7 Å². The van der Waals surface area contributed by atoms with Gasteiger partial charge < -0.3 is 28.6 Å². The van der Waals surface area contributed by atoms with Gasteiger partial charge in [-0.05, 0) is 104 Å². The number of nitrogens with zero attached hydrogens (tertiary/aromatic N) is 1. The first kappa shape index (κ1) is 62.2. The molecule has 0 saturated carbocycles. The fourth-order valence-corrected chi connectivity index (χ4v) is 8.84. The fourth-order valence-electron chi connectivity index (χ4n) is 8.84. The normalized spacial score (nSPS) is 14.1. The number of carbonyl (C=O) groups excluding carboxylic acids is 5. The molecule has 1 heterocycles. The summed E-state index contributed by atoms with van der Waals surface area (Å²) < 4.78 is 27.9. The molecule has 11 heteroatoms. The molecule has 392 valence electrons. The van der Waals surface area contributed by atoms with Crippen LogP contribution in [0.3, 0.4) is 0 Å². The molecule has 1 saturated heterocycles. The minimum absolute atomic E-state index is 0.00831. The third kappa shape index (κ3) is 36.8. The summed E-state index contributed by atoms with van der Waals surface area (Å²) in [5.74, 6) is -0.149. The molecule has 1 fully saturated rings. The molecule has 0 aromatic rings. The van der Waals surface area contributed by atoms with E-state index in [0.29, 0.717) is 84.0 Å². The van der Waals surface area contributed by atoms with Crippen LogP contribution >= 0.6 is 0 Å². The first-order valence-corrected chi connectivity index (χ1v) is 28.0. The fraction of sp³-hybridized carbons (Fsp3) is 0.911. The molecule has 11 nitrogen and oxygen atoms in total. The van der Waals surface area contributed by atoms with Crippen molar-refractivity contribution in [3.63, 3.8) is 0 Å². The Morgan fingerprint density at radius 2 is 0.791 bits per heavy atom. The van der Waals surface area contributed by atoms with Crippen LogP contribution in [0.4, 0.5) is 4.79 Å². The van der Waals surface area contributed by atoms with E-state index in [1.807, 2.05) is 20.8 Å².